The van der Waals surface area contributed by atoms with Gasteiger partial charge in [-0.25, -0.2) is 9.67 Å². The highest BCUT2D eigenvalue weighted by Gasteiger charge is 2.41. The topological polar surface area (TPSA) is 120 Å². The average Bonchev–Trinajstić information content (AvgIpc) is 3.34. The van der Waals surface area contributed by atoms with Crippen LogP contribution in [-0.4, -0.2) is 52.4 Å². The predicted octanol–water partition coefficient (Wildman–Crippen LogP) is 3.59. The maximum absolute atomic E-state index is 12.2. The summed E-state index contributed by atoms with van der Waals surface area (Å²) in [4.78, 5) is 21.5. The summed E-state index contributed by atoms with van der Waals surface area (Å²) in [6, 6.07) is 5.69. The predicted molar refractivity (Wildman–Crippen MR) is 132 cm³/mol. The van der Waals surface area contributed by atoms with Crippen molar-refractivity contribution in [3.63, 3.8) is 0 Å². The first-order valence-electron chi connectivity index (χ1n) is 10.7. The highest BCUT2D eigenvalue weighted by molar-refractivity contribution is 9.10. The molecule has 9 nitrogen and oxygen atoms in total. The number of fused-ring (bicyclic) bond motifs is 1. The highest BCUT2D eigenvalue weighted by atomic mass is 79.9. The number of benzene rings is 1. The molecule has 1 saturated carbocycles. The van der Waals surface area contributed by atoms with Gasteiger partial charge in [0.2, 0.25) is 11.9 Å². The van der Waals surface area contributed by atoms with E-state index < -0.39 is 0 Å². The zero-order valence-electron chi connectivity index (χ0n) is 18.7. The van der Waals surface area contributed by atoms with E-state index in [0.29, 0.717) is 34.2 Å². The first-order chi connectivity index (χ1) is 15.8. The van der Waals surface area contributed by atoms with Crippen LogP contribution in [0.4, 0.5) is 5.95 Å². The Morgan fingerprint density at radius 3 is 2.94 bits per heavy atom. The number of carbonyl (C=O) groups is 1. The van der Waals surface area contributed by atoms with Crippen molar-refractivity contribution in [2.24, 2.45) is 11.1 Å². The molecule has 0 spiro atoms. The molecule has 3 atom stereocenters. The molecule has 11 heteroatoms. The second-order valence-corrected chi connectivity index (χ2v) is 9.75. The Kier molecular flexibility index (Phi) is 6.90. The normalized spacial score (nSPS) is 21.3. The van der Waals surface area contributed by atoms with Crippen molar-refractivity contribution < 1.29 is 9.53 Å². The molecule has 1 aliphatic carbocycles. The molecule has 2 aromatic heterocycles. The Hall–Kier alpha value is -2.27. The van der Waals surface area contributed by atoms with Crippen molar-refractivity contribution in [3.8, 4) is 5.69 Å². The smallest absolute Gasteiger partial charge is 0.225 e. The number of carbonyl (C=O) groups excluding carboxylic acids is 1. The third-order valence-electron chi connectivity index (χ3n) is 6.25. The molecule has 33 heavy (non-hydrogen) atoms. The number of rotatable bonds is 7. The van der Waals surface area contributed by atoms with Crippen LogP contribution in [0, 0.1) is 5.41 Å². The molecule has 1 aliphatic rings. The lowest BCUT2D eigenvalue weighted by Gasteiger charge is -2.22. The molecule has 4 rings (SSSR count). The van der Waals surface area contributed by atoms with Crippen molar-refractivity contribution in [1.82, 2.24) is 25.1 Å². The number of anilines is 1. The number of nitrogens with two attached hydrogens (primary N) is 1. The monoisotopic (exact) mass is 535 g/mol. The largest absolute Gasteiger partial charge is 0.375 e. The minimum absolute atomic E-state index is 0.0637. The summed E-state index contributed by atoms with van der Waals surface area (Å²) in [5, 5.41) is 12.1. The van der Waals surface area contributed by atoms with Gasteiger partial charge in [-0.2, -0.15) is 10.1 Å². The number of nitrogens with one attached hydrogen (secondary N) is 2. The summed E-state index contributed by atoms with van der Waals surface area (Å²) in [6.45, 7) is 2.32. The van der Waals surface area contributed by atoms with Gasteiger partial charge in [0.05, 0.1) is 17.2 Å². The van der Waals surface area contributed by atoms with Crippen molar-refractivity contribution in [2.75, 3.05) is 26.0 Å². The van der Waals surface area contributed by atoms with E-state index in [1.54, 1.807) is 25.0 Å². The van der Waals surface area contributed by atoms with Gasteiger partial charge in [-0.1, -0.05) is 18.5 Å². The lowest BCUT2D eigenvalue weighted by atomic mass is 9.87. The quantitative estimate of drug-likeness (QED) is 0.422. The van der Waals surface area contributed by atoms with Gasteiger partial charge in [0.15, 0.2) is 5.65 Å². The van der Waals surface area contributed by atoms with Crippen LogP contribution in [0.3, 0.4) is 0 Å². The second kappa shape index (κ2) is 9.54. The van der Waals surface area contributed by atoms with Crippen LogP contribution in [0.25, 0.3) is 16.7 Å². The minimum atomic E-state index is -0.389. The molecule has 176 valence electrons. The maximum atomic E-state index is 12.2. The number of aromatic nitrogens is 4. The van der Waals surface area contributed by atoms with E-state index in [9.17, 15) is 4.79 Å². The van der Waals surface area contributed by atoms with Crippen LogP contribution in [-0.2, 0) is 9.53 Å². The van der Waals surface area contributed by atoms with E-state index >= 15 is 0 Å². The van der Waals surface area contributed by atoms with Crippen molar-refractivity contribution in [2.45, 2.75) is 38.3 Å². The number of hydrogen-bond acceptors (Lipinski definition) is 7. The number of methoxy groups -OCH3 is 1. The Balaban J connectivity index is 1.67. The molecule has 0 saturated heterocycles. The number of hydrogen-bond donors (Lipinski definition) is 3. The Labute approximate surface area is 205 Å². The Morgan fingerprint density at radius 1 is 1.45 bits per heavy atom. The summed E-state index contributed by atoms with van der Waals surface area (Å²) in [5.74, 6) is 0.551. The van der Waals surface area contributed by atoms with Gasteiger partial charge in [0, 0.05) is 43.4 Å². The SMILES string of the molecule is CNC(=O)[C@]1(C)CC[C@@H](Nc2ncc3c(Br)nn(-c4cc(Cl)cc(C(CN)OC)c4)c3n2)C1. The van der Waals surface area contributed by atoms with Gasteiger partial charge < -0.3 is 21.1 Å². The highest BCUT2D eigenvalue weighted by Crippen LogP contribution is 2.39. The molecule has 1 aromatic carbocycles. The van der Waals surface area contributed by atoms with Gasteiger partial charge in [0.1, 0.15) is 4.60 Å². The van der Waals surface area contributed by atoms with E-state index in [0.717, 1.165) is 29.5 Å². The third kappa shape index (κ3) is 4.70. The van der Waals surface area contributed by atoms with Crippen LogP contribution < -0.4 is 16.4 Å². The fourth-order valence-corrected chi connectivity index (χ4v) is 5.12. The maximum Gasteiger partial charge on any atom is 0.225 e. The lowest BCUT2D eigenvalue weighted by Crippen LogP contribution is -2.35. The van der Waals surface area contributed by atoms with Crippen LogP contribution in [0.2, 0.25) is 5.02 Å². The number of halogens is 2. The molecular formula is C22H27BrClN7O2. The number of amides is 1. The van der Waals surface area contributed by atoms with Crippen LogP contribution in [0.5, 0.6) is 0 Å². The summed E-state index contributed by atoms with van der Waals surface area (Å²) >= 11 is 9.90. The number of nitrogens with zero attached hydrogens (tertiary/aromatic N) is 4. The van der Waals surface area contributed by atoms with E-state index in [1.165, 1.54) is 0 Å². The molecule has 1 unspecified atom stereocenters. The Morgan fingerprint density at radius 2 is 2.24 bits per heavy atom. The summed E-state index contributed by atoms with van der Waals surface area (Å²) in [5.41, 5.74) is 7.67. The summed E-state index contributed by atoms with van der Waals surface area (Å²) in [7, 11) is 3.29. The van der Waals surface area contributed by atoms with E-state index in [-0.39, 0.29) is 23.5 Å². The molecule has 1 fully saturated rings. The van der Waals surface area contributed by atoms with Gasteiger partial charge in [-0.3, -0.25) is 4.79 Å². The van der Waals surface area contributed by atoms with E-state index in [4.69, 9.17) is 27.1 Å². The van der Waals surface area contributed by atoms with Gasteiger partial charge in [0.25, 0.3) is 0 Å². The van der Waals surface area contributed by atoms with Gasteiger partial charge >= 0.3 is 0 Å². The molecule has 1 amide bonds. The average molecular weight is 537 g/mol. The zero-order chi connectivity index (χ0) is 23.8. The lowest BCUT2D eigenvalue weighted by molar-refractivity contribution is -0.129. The summed E-state index contributed by atoms with van der Waals surface area (Å²) < 4.78 is 7.81. The first kappa shape index (κ1) is 23.9. The standard InChI is InChI=1S/C22H27BrClN7O2/c1-22(20(32)26-2)5-4-14(9-22)28-21-27-11-16-18(23)30-31(19(16)29-21)15-7-12(6-13(24)8-15)17(10-25)33-3/h6-8,11,14,17H,4-5,9-10,25H2,1-3H3,(H,26,32)(H,27,28,29)/t14-,17?,22-/m1/s1. The summed E-state index contributed by atoms with van der Waals surface area (Å²) in [6.07, 6.45) is 3.84. The van der Waals surface area contributed by atoms with Gasteiger partial charge in [-0.05, 0) is 59.0 Å². The third-order valence-corrected chi connectivity index (χ3v) is 7.05. The van der Waals surface area contributed by atoms with Crippen LogP contribution in [0.1, 0.15) is 37.9 Å². The van der Waals surface area contributed by atoms with Crippen molar-refractivity contribution in [1.29, 1.82) is 0 Å². The molecule has 0 bridgehead atoms. The molecule has 0 aliphatic heterocycles. The van der Waals surface area contributed by atoms with Crippen LogP contribution in [0.15, 0.2) is 29.0 Å². The van der Waals surface area contributed by atoms with E-state index in [1.807, 2.05) is 25.1 Å². The molecule has 2 heterocycles. The fraction of sp³-hybridized carbons (Fsp3) is 0.455. The first-order valence-corrected chi connectivity index (χ1v) is 11.9. The van der Waals surface area contributed by atoms with Crippen LogP contribution >= 0.6 is 27.5 Å². The van der Waals surface area contributed by atoms with Crippen molar-refractivity contribution in [3.05, 3.63) is 39.6 Å². The Bertz CT molecular complexity index is 1180. The van der Waals surface area contributed by atoms with Crippen molar-refractivity contribution >= 4 is 50.4 Å². The molecular weight excluding hydrogens is 510 g/mol. The fourth-order valence-electron chi connectivity index (χ4n) is 4.45. The molecule has 0 radical (unpaired) electrons. The zero-order valence-corrected chi connectivity index (χ0v) is 21.1. The van der Waals surface area contributed by atoms with E-state index in [2.05, 4.69) is 36.6 Å². The molecule has 3 aromatic rings. The molecule has 4 N–H and O–H groups in total. The number of ether oxygens (including phenoxy) is 1. The van der Waals surface area contributed by atoms with Gasteiger partial charge in [-0.15, -0.1) is 0 Å². The second-order valence-electron chi connectivity index (χ2n) is 8.56. The minimum Gasteiger partial charge on any atom is -0.375 e.